The number of rotatable bonds is 4. The predicted octanol–water partition coefficient (Wildman–Crippen LogP) is 3.60. The first-order valence-electron chi connectivity index (χ1n) is 5.71. The van der Waals surface area contributed by atoms with Gasteiger partial charge in [-0.25, -0.2) is 4.79 Å². The summed E-state index contributed by atoms with van der Waals surface area (Å²) >= 11 is 3.53. The molecular weight excluding hydrogens is 294 g/mol. The van der Waals surface area contributed by atoms with Crippen molar-refractivity contribution >= 4 is 27.6 Å². The first-order chi connectivity index (χ1) is 8.45. The van der Waals surface area contributed by atoms with Gasteiger partial charge in [-0.1, -0.05) is 22.0 Å². The second kappa shape index (κ2) is 6.59. The van der Waals surface area contributed by atoms with Crippen LogP contribution in [0.25, 0.3) is 0 Å². The van der Waals surface area contributed by atoms with Crippen molar-refractivity contribution in [2.75, 3.05) is 19.0 Å². The van der Waals surface area contributed by atoms with Gasteiger partial charge >= 0.3 is 5.97 Å². The van der Waals surface area contributed by atoms with Crippen LogP contribution in [0.2, 0.25) is 0 Å². The summed E-state index contributed by atoms with van der Waals surface area (Å²) in [5.74, 6) is -0.292. The Balaban J connectivity index is 2.68. The highest BCUT2D eigenvalue weighted by molar-refractivity contribution is 9.10. The zero-order valence-corrected chi connectivity index (χ0v) is 12.7. The van der Waals surface area contributed by atoms with Gasteiger partial charge in [0.15, 0.2) is 0 Å². The lowest BCUT2D eigenvalue weighted by Gasteiger charge is -2.09. The van der Waals surface area contributed by atoms with Crippen LogP contribution in [0, 0.1) is 13.8 Å². The number of esters is 1. The molecule has 1 aromatic carbocycles. The molecule has 0 heterocycles. The van der Waals surface area contributed by atoms with E-state index in [-0.39, 0.29) is 5.97 Å². The van der Waals surface area contributed by atoms with E-state index in [2.05, 4.69) is 52.0 Å². The van der Waals surface area contributed by atoms with Gasteiger partial charge in [-0.3, -0.25) is 0 Å². The summed E-state index contributed by atoms with van der Waals surface area (Å²) in [4.78, 5) is 11.2. The quantitative estimate of drug-likeness (QED) is 0.682. The topological polar surface area (TPSA) is 38.3 Å². The summed E-state index contributed by atoms with van der Waals surface area (Å²) in [5, 5.41) is 3.26. The molecule has 0 atom stereocenters. The Labute approximate surface area is 116 Å². The van der Waals surface area contributed by atoms with Gasteiger partial charge in [-0.05, 0) is 44.0 Å². The molecule has 18 heavy (non-hydrogen) atoms. The van der Waals surface area contributed by atoms with Gasteiger partial charge < -0.3 is 10.1 Å². The van der Waals surface area contributed by atoms with Gasteiger partial charge in [0.25, 0.3) is 0 Å². The van der Waals surface area contributed by atoms with E-state index in [0.717, 1.165) is 10.2 Å². The Morgan fingerprint density at radius 1 is 1.39 bits per heavy atom. The van der Waals surface area contributed by atoms with E-state index in [1.54, 1.807) is 6.92 Å². The molecule has 0 fully saturated rings. The van der Waals surface area contributed by atoms with Crippen molar-refractivity contribution in [3.8, 4) is 0 Å². The number of aryl methyl sites for hydroxylation is 2. The third-order valence-electron chi connectivity index (χ3n) is 2.66. The molecule has 0 aromatic heterocycles. The summed E-state index contributed by atoms with van der Waals surface area (Å²) in [6, 6.07) is 4.14. The number of hydrogen-bond donors (Lipinski definition) is 1. The van der Waals surface area contributed by atoms with E-state index in [0.29, 0.717) is 12.1 Å². The lowest BCUT2D eigenvalue weighted by molar-refractivity contribution is -0.136. The number of nitrogens with one attached hydrogen (secondary N) is 1. The molecule has 3 nitrogen and oxygen atoms in total. The molecule has 0 spiro atoms. The number of methoxy groups -OCH3 is 1. The van der Waals surface area contributed by atoms with Gasteiger partial charge in [0.1, 0.15) is 0 Å². The summed E-state index contributed by atoms with van der Waals surface area (Å²) in [6.07, 6.45) is 1.82. The molecule has 0 saturated heterocycles. The number of benzene rings is 1. The summed E-state index contributed by atoms with van der Waals surface area (Å²) < 4.78 is 5.76. The van der Waals surface area contributed by atoms with Crippen LogP contribution in [-0.4, -0.2) is 19.6 Å². The fourth-order valence-electron chi connectivity index (χ4n) is 1.61. The number of hydrogen-bond acceptors (Lipinski definition) is 3. The van der Waals surface area contributed by atoms with Crippen molar-refractivity contribution in [3.63, 3.8) is 0 Å². The molecule has 0 unspecified atom stereocenters. The SMILES string of the molecule is COC(=O)/C(C)=C/CNc1cc(C)c(Br)c(C)c1. The fourth-order valence-corrected chi connectivity index (χ4v) is 1.84. The second-order valence-electron chi connectivity index (χ2n) is 4.18. The predicted molar refractivity (Wildman–Crippen MR) is 77.9 cm³/mol. The van der Waals surface area contributed by atoms with Crippen LogP contribution in [0.1, 0.15) is 18.1 Å². The number of carbonyl (C=O) groups is 1. The highest BCUT2D eigenvalue weighted by atomic mass is 79.9. The Morgan fingerprint density at radius 3 is 2.44 bits per heavy atom. The van der Waals surface area contributed by atoms with Crippen LogP contribution < -0.4 is 5.32 Å². The molecule has 4 heteroatoms. The smallest absolute Gasteiger partial charge is 0.333 e. The zero-order valence-electron chi connectivity index (χ0n) is 11.1. The molecule has 0 saturated carbocycles. The fraction of sp³-hybridized carbons (Fsp3) is 0.357. The minimum absolute atomic E-state index is 0.292. The molecule has 1 aromatic rings. The highest BCUT2D eigenvalue weighted by Gasteiger charge is 2.03. The largest absolute Gasteiger partial charge is 0.466 e. The minimum atomic E-state index is -0.292. The number of halogens is 1. The summed E-state index contributed by atoms with van der Waals surface area (Å²) in [6.45, 7) is 6.45. The normalized spacial score (nSPS) is 11.3. The first kappa shape index (κ1) is 14.8. The van der Waals surface area contributed by atoms with Gasteiger partial charge in [0.05, 0.1) is 7.11 Å². The lowest BCUT2D eigenvalue weighted by atomic mass is 10.1. The molecule has 0 amide bonds. The van der Waals surface area contributed by atoms with Gasteiger partial charge in [0.2, 0.25) is 0 Å². The molecule has 0 aliphatic rings. The van der Waals surface area contributed by atoms with E-state index in [1.807, 2.05) is 6.08 Å². The molecule has 0 bridgehead atoms. The first-order valence-corrected chi connectivity index (χ1v) is 6.50. The van der Waals surface area contributed by atoms with E-state index in [1.165, 1.54) is 18.2 Å². The standard InChI is InChI=1S/C14H18BrNO2/c1-9(14(17)18-4)5-6-16-12-7-10(2)13(15)11(3)8-12/h5,7-8,16H,6H2,1-4H3/b9-5+. The van der Waals surface area contributed by atoms with Gasteiger partial charge in [-0.15, -0.1) is 0 Å². The van der Waals surface area contributed by atoms with E-state index < -0.39 is 0 Å². The molecule has 1 N–H and O–H groups in total. The average molecular weight is 312 g/mol. The van der Waals surface area contributed by atoms with Crippen molar-refractivity contribution in [1.82, 2.24) is 0 Å². The molecule has 98 valence electrons. The number of anilines is 1. The van der Waals surface area contributed by atoms with Crippen molar-refractivity contribution in [1.29, 1.82) is 0 Å². The molecule has 0 aliphatic carbocycles. The second-order valence-corrected chi connectivity index (χ2v) is 4.98. The van der Waals surface area contributed by atoms with Crippen LogP contribution in [0.3, 0.4) is 0 Å². The Kier molecular flexibility index (Phi) is 5.41. The van der Waals surface area contributed by atoms with Crippen LogP contribution in [0.4, 0.5) is 5.69 Å². The summed E-state index contributed by atoms with van der Waals surface area (Å²) in [5.41, 5.74) is 4.02. The van der Waals surface area contributed by atoms with Crippen LogP contribution >= 0.6 is 15.9 Å². The van der Waals surface area contributed by atoms with Crippen LogP contribution in [0.15, 0.2) is 28.3 Å². The Hall–Kier alpha value is -1.29. The van der Waals surface area contributed by atoms with E-state index in [4.69, 9.17) is 0 Å². The maximum atomic E-state index is 11.2. The molecule has 0 radical (unpaired) electrons. The van der Waals surface area contributed by atoms with Crippen molar-refractivity contribution in [2.45, 2.75) is 20.8 Å². The third-order valence-corrected chi connectivity index (χ3v) is 3.91. The monoisotopic (exact) mass is 311 g/mol. The van der Waals surface area contributed by atoms with E-state index >= 15 is 0 Å². The number of carbonyl (C=O) groups excluding carboxylic acids is 1. The van der Waals surface area contributed by atoms with E-state index in [9.17, 15) is 4.79 Å². The zero-order chi connectivity index (χ0) is 13.7. The Morgan fingerprint density at radius 2 is 1.94 bits per heavy atom. The Bertz CT molecular complexity index is 458. The summed E-state index contributed by atoms with van der Waals surface area (Å²) in [7, 11) is 1.38. The molecule has 0 aliphatic heterocycles. The van der Waals surface area contributed by atoms with Crippen molar-refractivity contribution < 1.29 is 9.53 Å². The maximum Gasteiger partial charge on any atom is 0.333 e. The van der Waals surface area contributed by atoms with Crippen molar-refractivity contribution in [3.05, 3.63) is 39.4 Å². The average Bonchev–Trinajstić information content (AvgIpc) is 2.34. The lowest BCUT2D eigenvalue weighted by Crippen LogP contribution is -2.05. The maximum absolute atomic E-state index is 11.2. The van der Waals surface area contributed by atoms with Gasteiger partial charge in [-0.2, -0.15) is 0 Å². The molecular formula is C14H18BrNO2. The van der Waals surface area contributed by atoms with Crippen LogP contribution in [-0.2, 0) is 9.53 Å². The highest BCUT2D eigenvalue weighted by Crippen LogP contribution is 2.24. The van der Waals surface area contributed by atoms with Gasteiger partial charge in [0, 0.05) is 22.3 Å². The number of ether oxygens (including phenoxy) is 1. The van der Waals surface area contributed by atoms with Crippen LogP contribution in [0.5, 0.6) is 0 Å². The minimum Gasteiger partial charge on any atom is -0.466 e. The molecule has 1 rings (SSSR count). The van der Waals surface area contributed by atoms with Crippen molar-refractivity contribution in [2.24, 2.45) is 0 Å². The third kappa shape index (κ3) is 3.88.